The second kappa shape index (κ2) is 6.18. The molecule has 6 nitrogen and oxygen atoms in total. The van der Waals surface area contributed by atoms with Crippen LogP contribution in [0.5, 0.6) is 0 Å². The van der Waals surface area contributed by atoms with Crippen LogP contribution in [-0.4, -0.2) is 35.5 Å². The molecular weight excluding hydrogens is 232 g/mol. The zero-order valence-electron chi connectivity index (χ0n) is 11.3. The molecule has 0 aliphatic heterocycles. The van der Waals surface area contributed by atoms with Crippen LogP contribution in [0.2, 0.25) is 0 Å². The molecule has 0 aromatic carbocycles. The van der Waals surface area contributed by atoms with Gasteiger partial charge in [-0.25, -0.2) is 4.98 Å². The molecule has 0 atom stereocenters. The van der Waals surface area contributed by atoms with E-state index >= 15 is 0 Å². The lowest BCUT2D eigenvalue weighted by Gasteiger charge is -2.18. The Hall–Kier alpha value is -1.85. The number of anilines is 1. The first kappa shape index (κ1) is 14.2. The Morgan fingerprint density at radius 3 is 2.78 bits per heavy atom. The lowest BCUT2D eigenvalue weighted by atomic mass is 10.3. The molecule has 0 aliphatic carbocycles. The third kappa shape index (κ3) is 4.20. The molecule has 0 aliphatic rings. The van der Waals surface area contributed by atoms with Crippen molar-refractivity contribution in [3.05, 3.63) is 22.2 Å². The van der Waals surface area contributed by atoms with Crippen LogP contribution >= 0.6 is 0 Å². The lowest BCUT2D eigenvalue weighted by molar-refractivity contribution is -0.120. The molecule has 1 amide bonds. The van der Waals surface area contributed by atoms with Gasteiger partial charge in [0.2, 0.25) is 5.91 Å². The molecule has 1 heterocycles. The molecule has 0 saturated carbocycles. The third-order valence-corrected chi connectivity index (χ3v) is 2.33. The zero-order valence-corrected chi connectivity index (χ0v) is 11.3. The van der Waals surface area contributed by atoms with Crippen molar-refractivity contribution in [2.75, 3.05) is 18.5 Å². The second-order valence-electron chi connectivity index (χ2n) is 4.48. The van der Waals surface area contributed by atoms with Gasteiger partial charge in [0, 0.05) is 25.6 Å². The highest BCUT2D eigenvalue weighted by molar-refractivity contribution is 5.81. The maximum Gasteiger partial charge on any atom is 0.252 e. The fourth-order valence-corrected chi connectivity index (χ4v) is 1.52. The maximum absolute atomic E-state index is 11.6. The van der Waals surface area contributed by atoms with Gasteiger partial charge in [0.05, 0.1) is 6.54 Å². The van der Waals surface area contributed by atoms with Crippen molar-refractivity contribution in [1.82, 2.24) is 15.3 Å². The number of aryl methyl sites for hydroxylation is 1. The molecule has 0 unspecified atom stereocenters. The molecule has 2 N–H and O–H groups in total. The Morgan fingerprint density at radius 1 is 1.56 bits per heavy atom. The highest BCUT2D eigenvalue weighted by Gasteiger charge is 2.10. The average Bonchev–Trinajstić information content (AvgIpc) is 2.26. The summed E-state index contributed by atoms with van der Waals surface area (Å²) in [5.41, 5.74) is -0.201. The number of nitrogens with one attached hydrogen (secondary N) is 2. The second-order valence-corrected chi connectivity index (χ2v) is 4.48. The number of likely N-dealkylation sites (N-methyl/N-ethyl adjacent to an activating group) is 1. The van der Waals surface area contributed by atoms with Crippen molar-refractivity contribution in [2.24, 2.45) is 0 Å². The monoisotopic (exact) mass is 252 g/mol. The van der Waals surface area contributed by atoms with Crippen LogP contribution in [0.1, 0.15) is 26.6 Å². The van der Waals surface area contributed by atoms with Crippen molar-refractivity contribution < 1.29 is 4.79 Å². The number of carbonyl (C=O) groups is 1. The summed E-state index contributed by atoms with van der Waals surface area (Å²) in [4.78, 5) is 31.6. The predicted molar refractivity (Wildman–Crippen MR) is 70.8 cm³/mol. The van der Waals surface area contributed by atoms with E-state index in [1.54, 1.807) is 11.9 Å². The summed E-state index contributed by atoms with van der Waals surface area (Å²) in [6.45, 7) is 5.89. The molecule has 18 heavy (non-hydrogen) atoms. The van der Waals surface area contributed by atoms with Crippen LogP contribution in [0.4, 0.5) is 5.82 Å². The van der Waals surface area contributed by atoms with E-state index < -0.39 is 0 Å². The summed E-state index contributed by atoms with van der Waals surface area (Å²) in [6.07, 6.45) is 0.648. The first-order chi connectivity index (χ1) is 8.42. The van der Waals surface area contributed by atoms with Gasteiger partial charge in [0.1, 0.15) is 11.6 Å². The predicted octanol–water partition coefficient (Wildman–Crippen LogP) is 0.293. The van der Waals surface area contributed by atoms with E-state index in [1.165, 1.54) is 6.07 Å². The molecule has 0 fully saturated rings. The third-order valence-electron chi connectivity index (χ3n) is 2.33. The van der Waals surface area contributed by atoms with Gasteiger partial charge in [-0.05, 0) is 13.8 Å². The summed E-state index contributed by atoms with van der Waals surface area (Å²) in [5.74, 6) is 1.04. The van der Waals surface area contributed by atoms with Gasteiger partial charge in [0.15, 0.2) is 0 Å². The van der Waals surface area contributed by atoms with Crippen LogP contribution in [0.3, 0.4) is 0 Å². The standard InChI is InChI=1S/C12H20N4O2/c1-5-9-14-10(6-11(17)15-9)16(4)7-12(18)13-8(2)3/h6,8H,5,7H2,1-4H3,(H,13,18)(H,14,15,17). The Morgan fingerprint density at radius 2 is 2.22 bits per heavy atom. The van der Waals surface area contributed by atoms with Gasteiger partial charge in [0.25, 0.3) is 5.56 Å². The minimum atomic E-state index is -0.201. The Kier molecular flexibility index (Phi) is 4.88. The van der Waals surface area contributed by atoms with Crippen LogP contribution < -0.4 is 15.8 Å². The Balaban J connectivity index is 2.77. The van der Waals surface area contributed by atoms with Gasteiger partial charge in [-0.3, -0.25) is 9.59 Å². The highest BCUT2D eigenvalue weighted by atomic mass is 16.2. The van der Waals surface area contributed by atoms with Crippen LogP contribution in [-0.2, 0) is 11.2 Å². The van der Waals surface area contributed by atoms with E-state index in [0.717, 1.165) is 0 Å². The number of amides is 1. The summed E-state index contributed by atoms with van der Waals surface area (Å²) in [6, 6.07) is 1.49. The maximum atomic E-state index is 11.6. The molecule has 1 aromatic rings. The number of carbonyl (C=O) groups excluding carboxylic acids is 1. The Bertz CT molecular complexity index is 467. The smallest absolute Gasteiger partial charge is 0.252 e. The molecular formula is C12H20N4O2. The van der Waals surface area contributed by atoms with Crippen molar-refractivity contribution >= 4 is 11.7 Å². The quantitative estimate of drug-likeness (QED) is 0.789. The zero-order chi connectivity index (χ0) is 13.7. The molecule has 0 radical (unpaired) electrons. The normalized spacial score (nSPS) is 10.5. The minimum Gasteiger partial charge on any atom is -0.352 e. The van der Waals surface area contributed by atoms with E-state index in [-0.39, 0.29) is 24.1 Å². The van der Waals surface area contributed by atoms with Crippen molar-refractivity contribution in [1.29, 1.82) is 0 Å². The molecule has 1 aromatic heterocycles. The lowest BCUT2D eigenvalue weighted by Crippen LogP contribution is -2.39. The summed E-state index contributed by atoms with van der Waals surface area (Å²) in [5, 5.41) is 2.79. The largest absolute Gasteiger partial charge is 0.352 e. The first-order valence-electron chi connectivity index (χ1n) is 6.03. The number of aromatic amines is 1. The molecule has 0 saturated heterocycles. The van der Waals surface area contributed by atoms with Crippen molar-refractivity contribution in [2.45, 2.75) is 33.2 Å². The van der Waals surface area contributed by atoms with E-state index in [0.29, 0.717) is 18.1 Å². The van der Waals surface area contributed by atoms with Gasteiger partial charge < -0.3 is 15.2 Å². The number of hydrogen-bond acceptors (Lipinski definition) is 4. The Labute approximate surface area is 106 Å². The van der Waals surface area contributed by atoms with E-state index in [4.69, 9.17) is 0 Å². The number of nitrogens with zero attached hydrogens (tertiary/aromatic N) is 2. The van der Waals surface area contributed by atoms with Gasteiger partial charge in [-0.15, -0.1) is 0 Å². The van der Waals surface area contributed by atoms with Crippen LogP contribution in [0.25, 0.3) is 0 Å². The SMILES string of the molecule is CCc1nc(N(C)CC(=O)NC(C)C)cc(=O)[nH]1. The molecule has 1 rings (SSSR count). The van der Waals surface area contributed by atoms with Crippen LogP contribution in [0, 0.1) is 0 Å². The highest BCUT2D eigenvalue weighted by Crippen LogP contribution is 2.05. The number of hydrogen-bond donors (Lipinski definition) is 2. The summed E-state index contributed by atoms with van der Waals surface area (Å²) < 4.78 is 0. The van der Waals surface area contributed by atoms with Crippen molar-refractivity contribution in [3.8, 4) is 0 Å². The molecule has 0 spiro atoms. The van der Waals surface area contributed by atoms with Gasteiger partial charge in [-0.2, -0.15) is 0 Å². The summed E-state index contributed by atoms with van der Waals surface area (Å²) >= 11 is 0. The van der Waals surface area contributed by atoms with Gasteiger partial charge >= 0.3 is 0 Å². The van der Waals surface area contributed by atoms with E-state index in [2.05, 4.69) is 15.3 Å². The van der Waals surface area contributed by atoms with E-state index in [1.807, 2.05) is 20.8 Å². The minimum absolute atomic E-state index is 0.0902. The van der Waals surface area contributed by atoms with Gasteiger partial charge in [-0.1, -0.05) is 6.92 Å². The molecule has 6 heteroatoms. The fourth-order valence-electron chi connectivity index (χ4n) is 1.52. The molecule has 0 bridgehead atoms. The average molecular weight is 252 g/mol. The number of rotatable bonds is 5. The number of aromatic nitrogens is 2. The van der Waals surface area contributed by atoms with Crippen LogP contribution in [0.15, 0.2) is 10.9 Å². The topological polar surface area (TPSA) is 78.1 Å². The first-order valence-corrected chi connectivity index (χ1v) is 6.03. The molecule has 100 valence electrons. The fraction of sp³-hybridized carbons (Fsp3) is 0.583. The summed E-state index contributed by atoms with van der Waals surface area (Å²) in [7, 11) is 1.74. The number of H-pyrrole nitrogens is 1. The van der Waals surface area contributed by atoms with E-state index in [9.17, 15) is 9.59 Å². The van der Waals surface area contributed by atoms with Crippen molar-refractivity contribution in [3.63, 3.8) is 0 Å².